The maximum absolute atomic E-state index is 12.4. The summed E-state index contributed by atoms with van der Waals surface area (Å²) < 4.78 is 66.6. The highest BCUT2D eigenvalue weighted by molar-refractivity contribution is 7.91. The Morgan fingerprint density at radius 1 is 1.00 bits per heavy atom. The molecular formula is C24H33F3N4O3S. The average Bonchev–Trinajstić information content (AvgIpc) is 3.24. The molecule has 0 spiro atoms. The maximum atomic E-state index is 12.4. The second-order valence-electron chi connectivity index (χ2n) is 9.69. The van der Waals surface area contributed by atoms with E-state index in [-0.39, 0.29) is 29.2 Å². The zero-order valence-electron chi connectivity index (χ0n) is 20.2. The van der Waals surface area contributed by atoms with Crippen molar-refractivity contribution in [1.29, 1.82) is 0 Å². The molecule has 0 N–H and O–H groups in total. The third-order valence-corrected chi connectivity index (χ3v) is 8.42. The second kappa shape index (κ2) is 10.5. The molecule has 2 saturated heterocycles. The molecule has 0 radical (unpaired) electrons. The van der Waals surface area contributed by atoms with Crippen LogP contribution in [0.1, 0.15) is 44.3 Å². The Balaban J connectivity index is 1.36. The van der Waals surface area contributed by atoms with Gasteiger partial charge in [0, 0.05) is 50.5 Å². The van der Waals surface area contributed by atoms with Crippen LogP contribution in [0.4, 0.5) is 13.2 Å². The lowest BCUT2D eigenvalue weighted by Crippen LogP contribution is -2.45. The van der Waals surface area contributed by atoms with Gasteiger partial charge in [-0.05, 0) is 49.1 Å². The number of hydrogen-bond acceptors (Lipinski definition) is 6. The Bertz CT molecular complexity index is 1080. The largest absolute Gasteiger partial charge is 0.573 e. The van der Waals surface area contributed by atoms with Gasteiger partial charge in [0.15, 0.2) is 9.84 Å². The van der Waals surface area contributed by atoms with E-state index in [1.807, 2.05) is 6.07 Å². The van der Waals surface area contributed by atoms with E-state index in [9.17, 15) is 21.6 Å². The summed E-state index contributed by atoms with van der Waals surface area (Å²) in [6, 6.07) is 8.13. The van der Waals surface area contributed by atoms with E-state index in [1.54, 1.807) is 12.1 Å². The van der Waals surface area contributed by atoms with E-state index in [2.05, 4.69) is 33.1 Å². The summed E-state index contributed by atoms with van der Waals surface area (Å²) in [6.07, 6.45) is -2.78. The number of alkyl halides is 3. The summed E-state index contributed by atoms with van der Waals surface area (Å²) in [5, 5.41) is 4.86. The minimum atomic E-state index is -4.71. The van der Waals surface area contributed by atoms with E-state index >= 15 is 0 Å². The molecule has 0 amide bonds. The van der Waals surface area contributed by atoms with Gasteiger partial charge in [0.1, 0.15) is 5.75 Å². The van der Waals surface area contributed by atoms with Crippen LogP contribution in [0.15, 0.2) is 30.3 Å². The lowest BCUT2D eigenvalue weighted by Gasteiger charge is -2.35. The van der Waals surface area contributed by atoms with Crippen molar-refractivity contribution < 1.29 is 26.3 Å². The molecule has 0 atom stereocenters. The van der Waals surface area contributed by atoms with Crippen molar-refractivity contribution >= 4 is 9.84 Å². The van der Waals surface area contributed by atoms with Crippen molar-refractivity contribution in [1.82, 2.24) is 19.6 Å². The van der Waals surface area contributed by atoms with Crippen molar-refractivity contribution in [3.63, 3.8) is 0 Å². The first-order valence-corrected chi connectivity index (χ1v) is 13.9. The molecule has 0 aliphatic carbocycles. The Morgan fingerprint density at radius 2 is 1.57 bits per heavy atom. The van der Waals surface area contributed by atoms with E-state index in [4.69, 9.17) is 5.10 Å². The molecular weight excluding hydrogens is 481 g/mol. The van der Waals surface area contributed by atoms with Gasteiger partial charge in [0.05, 0.1) is 23.2 Å². The van der Waals surface area contributed by atoms with Crippen molar-refractivity contribution in [3.05, 3.63) is 36.0 Å². The first-order chi connectivity index (χ1) is 16.5. The summed E-state index contributed by atoms with van der Waals surface area (Å²) in [5.74, 6) is 0.528. The van der Waals surface area contributed by atoms with Crippen LogP contribution in [0.25, 0.3) is 11.3 Å². The van der Waals surface area contributed by atoms with Crippen LogP contribution >= 0.6 is 0 Å². The molecule has 2 aromatic rings. The molecule has 194 valence electrons. The number of likely N-dealkylation sites (tertiary alicyclic amines) is 1. The summed E-state index contributed by atoms with van der Waals surface area (Å²) in [4.78, 5) is 4.66. The number of rotatable bonds is 7. The molecule has 1 aromatic heterocycles. The molecule has 11 heteroatoms. The van der Waals surface area contributed by atoms with E-state index in [0.717, 1.165) is 56.0 Å². The summed E-state index contributed by atoms with van der Waals surface area (Å²) in [5.41, 5.74) is 2.61. The fraction of sp³-hybridized carbons (Fsp3) is 0.625. The summed E-state index contributed by atoms with van der Waals surface area (Å²) >= 11 is 0. The highest BCUT2D eigenvalue weighted by atomic mass is 32.2. The van der Waals surface area contributed by atoms with Gasteiger partial charge in [-0.25, -0.2) is 8.42 Å². The van der Waals surface area contributed by atoms with Crippen LogP contribution in [-0.2, 0) is 9.84 Å². The van der Waals surface area contributed by atoms with Crippen molar-refractivity contribution in [3.8, 4) is 17.0 Å². The summed E-state index contributed by atoms with van der Waals surface area (Å²) in [7, 11) is -2.85. The second-order valence-corrected chi connectivity index (χ2v) is 12.0. The van der Waals surface area contributed by atoms with Crippen molar-refractivity contribution in [2.24, 2.45) is 0 Å². The third kappa shape index (κ3) is 6.98. The molecule has 0 saturated carbocycles. The van der Waals surface area contributed by atoms with Crippen LogP contribution < -0.4 is 4.74 Å². The molecule has 7 nitrogen and oxygen atoms in total. The van der Waals surface area contributed by atoms with Crippen LogP contribution in [-0.4, -0.2) is 85.1 Å². The summed E-state index contributed by atoms with van der Waals surface area (Å²) in [6.45, 7) is 9.20. The monoisotopic (exact) mass is 514 g/mol. The minimum absolute atomic E-state index is 0.247. The normalized spacial score (nSPS) is 20.4. The third-order valence-electron chi connectivity index (χ3n) is 6.81. The van der Waals surface area contributed by atoms with Gasteiger partial charge in [-0.1, -0.05) is 13.8 Å². The number of ether oxygens (including phenoxy) is 1. The van der Waals surface area contributed by atoms with Gasteiger partial charge in [0.25, 0.3) is 0 Å². The molecule has 1 aromatic carbocycles. The van der Waals surface area contributed by atoms with Crippen molar-refractivity contribution in [2.45, 2.75) is 45.0 Å². The fourth-order valence-electron chi connectivity index (χ4n) is 4.75. The molecule has 2 aliphatic heterocycles. The van der Waals surface area contributed by atoms with Gasteiger partial charge >= 0.3 is 6.36 Å². The standard InChI is InChI=1S/C24H33F3N4O3S/c1-18(2)23-17-22(19-3-5-21(6-4-19)34-24(25,26)27)28-31(23)20-7-9-29(10-8-20)11-12-30-13-15-35(32,33)16-14-30/h3-6,17-18,20H,7-16H2,1-2H3. The number of halogens is 3. The highest BCUT2D eigenvalue weighted by Crippen LogP contribution is 2.32. The number of sulfone groups is 1. The van der Waals surface area contributed by atoms with Gasteiger partial charge in [-0.3, -0.25) is 4.68 Å². The molecule has 2 fully saturated rings. The molecule has 0 bridgehead atoms. The minimum Gasteiger partial charge on any atom is -0.406 e. The van der Waals surface area contributed by atoms with Gasteiger partial charge in [-0.2, -0.15) is 5.10 Å². The van der Waals surface area contributed by atoms with E-state index in [0.29, 0.717) is 13.1 Å². The number of hydrogen-bond donors (Lipinski definition) is 0. The highest BCUT2D eigenvalue weighted by Gasteiger charge is 2.31. The SMILES string of the molecule is CC(C)c1cc(-c2ccc(OC(F)(F)F)cc2)nn1C1CCN(CCN2CCS(=O)(=O)CC2)CC1. The molecule has 35 heavy (non-hydrogen) atoms. The van der Waals surface area contributed by atoms with Crippen LogP contribution in [0.3, 0.4) is 0 Å². The van der Waals surface area contributed by atoms with Gasteiger partial charge in [0.2, 0.25) is 0 Å². The molecule has 4 rings (SSSR count). The predicted octanol–water partition coefficient (Wildman–Crippen LogP) is 3.94. The predicted molar refractivity (Wildman–Crippen MR) is 128 cm³/mol. The van der Waals surface area contributed by atoms with Crippen LogP contribution in [0.5, 0.6) is 5.75 Å². The molecule has 0 unspecified atom stereocenters. The zero-order valence-corrected chi connectivity index (χ0v) is 21.0. The quantitative estimate of drug-likeness (QED) is 0.558. The average molecular weight is 515 g/mol. The Hall–Kier alpha value is -2.11. The zero-order chi connectivity index (χ0) is 25.2. The molecule has 3 heterocycles. The Kier molecular flexibility index (Phi) is 7.77. The number of benzene rings is 1. The van der Waals surface area contributed by atoms with Crippen molar-refractivity contribution in [2.75, 3.05) is 50.8 Å². The number of nitrogens with zero attached hydrogens (tertiary/aromatic N) is 4. The lowest BCUT2D eigenvalue weighted by molar-refractivity contribution is -0.274. The first kappa shape index (κ1) is 26.0. The maximum Gasteiger partial charge on any atom is 0.573 e. The molecule has 2 aliphatic rings. The van der Waals surface area contributed by atoms with Gasteiger partial charge < -0.3 is 14.5 Å². The number of aromatic nitrogens is 2. The van der Waals surface area contributed by atoms with E-state index in [1.165, 1.54) is 12.1 Å². The topological polar surface area (TPSA) is 67.7 Å². The van der Waals surface area contributed by atoms with Crippen LogP contribution in [0.2, 0.25) is 0 Å². The number of piperidine rings is 1. The van der Waals surface area contributed by atoms with E-state index < -0.39 is 16.2 Å². The first-order valence-electron chi connectivity index (χ1n) is 12.1. The lowest BCUT2D eigenvalue weighted by atomic mass is 10.0. The fourth-order valence-corrected chi connectivity index (χ4v) is 6.02. The van der Waals surface area contributed by atoms with Crippen LogP contribution in [0, 0.1) is 0 Å². The smallest absolute Gasteiger partial charge is 0.406 e. The Labute approximate surface area is 204 Å². The van der Waals surface area contributed by atoms with Gasteiger partial charge in [-0.15, -0.1) is 13.2 Å². The Morgan fingerprint density at radius 3 is 2.11 bits per heavy atom.